The summed E-state index contributed by atoms with van der Waals surface area (Å²) in [5.74, 6) is 0. The fourth-order valence-corrected chi connectivity index (χ4v) is 4.33. The quantitative estimate of drug-likeness (QED) is 0.273. The molecular weight excluding hydrogens is 621 g/mol. The van der Waals surface area contributed by atoms with Gasteiger partial charge in [0.25, 0.3) is 0 Å². The normalized spacial score (nSPS) is 15.7. The molecule has 0 saturated carbocycles. The first kappa shape index (κ1) is 24.2. The molecule has 1 aliphatic carbocycles. The molecule has 3 aromatic carbocycles. The first-order valence-corrected chi connectivity index (χ1v) is 8.40. The molecule has 0 nitrogen and oxygen atoms in total. The number of fused-ring (bicyclic) bond motifs is 3. The summed E-state index contributed by atoms with van der Waals surface area (Å²) in [6.07, 6.45) is 0. The Bertz CT molecular complexity index is 1020. The van der Waals surface area contributed by atoms with Gasteiger partial charge in [-0.15, -0.1) is 33.7 Å². The second kappa shape index (κ2) is 8.65. The zero-order chi connectivity index (χ0) is 16.4. The van der Waals surface area contributed by atoms with E-state index in [0.29, 0.717) is 0 Å². The van der Waals surface area contributed by atoms with Crippen molar-refractivity contribution in [2.24, 2.45) is 5.41 Å². The average Bonchev–Trinajstić information content (AvgIpc) is 2.98. The van der Waals surface area contributed by atoms with Crippen LogP contribution >= 0.6 is 0 Å². The first-order valence-electron chi connectivity index (χ1n) is 8.40. The van der Waals surface area contributed by atoms with Crippen LogP contribution in [0.1, 0.15) is 40.2 Å². The number of halogens is 2. The average molecular weight is 644 g/mol. The molecule has 0 aliphatic heterocycles. The maximum Gasteiger partial charge on any atom is 3.00 e. The van der Waals surface area contributed by atoms with Gasteiger partial charge in [0.1, 0.15) is 0 Å². The van der Waals surface area contributed by atoms with Crippen molar-refractivity contribution in [2.45, 2.75) is 34.6 Å². The monoisotopic (exact) mass is 643 g/mol. The fourth-order valence-electron chi connectivity index (χ4n) is 4.33. The van der Waals surface area contributed by atoms with Gasteiger partial charge in [-0.25, -0.2) is 0 Å². The third-order valence-electron chi connectivity index (χ3n) is 5.99. The van der Waals surface area contributed by atoms with E-state index in [1.54, 1.807) is 0 Å². The van der Waals surface area contributed by atoms with E-state index in [0.717, 1.165) is 0 Å². The van der Waals surface area contributed by atoms with Crippen molar-refractivity contribution in [3.05, 3.63) is 70.8 Å². The molecule has 0 amide bonds. The Balaban J connectivity index is 0.00000113. The molecule has 0 heterocycles. The fraction of sp³-hybridized carbons (Fsp3) is 0.261. The Morgan fingerprint density at radius 1 is 0.769 bits per heavy atom. The van der Waals surface area contributed by atoms with Crippen molar-refractivity contribution in [1.82, 2.24) is 0 Å². The molecule has 0 atom stereocenters. The summed E-state index contributed by atoms with van der Waals surface area (Å²) in [5.41, 5.74) is 7.40. The van der Waals surface area contributed by atoms with Gasteiger partial charge in [-0.05, 0) is 26.3 Å². The second-order valence-corrected chi connectivity index (χ2v) is 7.37. The topological polar surface area (TPSA) is 0 Å². The van der Waals surface area contributed by atoms with Crippen LogP contribution in [0, 0.1) is 5.41 Å². The minimum atomic E-state index is 0. The Morgan fingerprint density at radius 2 is 1.38 bits per heavy atom. The summed E-state index contributed by atoms with van der Waals surface area (Å²) in [7, 11) is 0. The summed E-state index contributed by atoms with van der Waals surface area (Å²) in [4.78, 5) is 0. The summed E-state index contributed by atoms with van der Waals surface area (Å²) in [6, 6.07) is 17.8. The van der Waals surface area contributed by atoms with Crippen molar-refractivity contribution in [3.63, 3.8) is 0 Å². The summed E-state index contributed by atoms with van der Waals surface area (Å²) < 4.78 is 0. The number of hydrogen-bond donors (Lipinski definition) is 0. The molecule has 4 rings (SSSR count). The molecular formula is C23H23I2Zr. The minimum absolute atomic E-state index is 0. The zero-order valence-electron chi connectivity index (χ0n) is 15.9. The van der Waals surface area contributed by atoms with E-state index in [4.69, 9.17) is 0 Å². The van der Waals surface area contributed by atoms with Gasteiger partial charge in [-0.1, -0.05) is 72.5 Å². The van der Waals surface area contributed by atoms with Gasteiger partial charge in [0.15, 0.2) is 0 Å². The molecule has 0 fully saturated rings. The van der Waals surface area contributed by atoms with Crippen LogP contribution in [-0.2, 0) is 26.2 Å². The van der Waals surface area contributed by atoms with Gasteiger partial charge < -0.3 is 48.0 Å². The predicted molar refractivity (Wildman–Crippen MR) is 102 cm³/mol. The van der Waals surface area contributed by atoms with Crippen LogP contribution in [-0.4, -0.2) is 0 Å². The molecule has 0 N–H and O–H groups in total. The number of rotatable bonds is 1. The molecule has 26 heavy (non-hydrogen) atoms. The van der Waals surface area contributed by atoms with Crippen molar-refractivity contribution in [3.8, 4) is 0 Å². The van der Waals surface area contributed by atoms with E-state index >= 15 is 0 Å². The number of hydrogen-bond acceptors (Lipinski definition) is 0. The van der Waals surface area contributed by atoms with Crippen molar-refractivity contribution < 1.29 is 74.2 Å². The number of benzene rings is 2. The van der Waals surface area contributed by atoms with Crippen LogP contribution < -0.4 is 48.0 Å². The van der Waals surface area contributed by atoms with Gasteiger partial charge >= 0.3 is 26.2 Å². The second-order valence-electron chi connectivity index (χ2n) is 7.37. The van der Waals surface area contributed by atoms with Gasteiger partial charge in [0.2, 0.25) is 0 Å². The predicted octanol–water partition coefficient (Wildman–Crippen LogP) is 0.867. The molecule has 0 saturated heterocycles. The van der Waals surface area contributed by atoms with E-state index in [2.05, 4.69) is 83.1 Å². The molecule has 0 spiro atoms. The van der Waals surface area contributed by atoms with E-state index in [1.807, 2.05) is 0 Å². The van der Waals surface area contributed by atoms with E-state index in [9.17, 15) is 0 Å². The summed E-state index contributed by atoms with van der Waals surface area (Å²) >= 11 is 0. The molecule has 0 aromatic heterocycles. The van der Waals surface area contributed by atoms with Crippen LogP contribution in [0.15, 0.2) is 65.3 Å². The molecule has 0 bridgehead atoms. The Hall–Kier alpha value is 0.133. The van der Waals surface area contributed by atoms with Crippen molar-refractivity contribution in [2.75, 3.05) is 0 Å². The van der Waals surface area contributed by atoms with Crippen LogP contribution in [0.3, 0.4) is 0 Å². The third-order valence-corrected chi connectivity index (χ3v) is 5.99. The SMILES string of the molecule is CC1=C(C)C(C)(C)C(c2cccc3c2[cH-]c2ccccc23)=C1C.[I-].[I-].[Zr+3]. The molecule has 3 aromatic rings. The van der Waals surface area contributed by atoms with Crippen molar-refractivity contribution in [1.29, 1.82) is 0 Å². The molecule has 3 heteroatoms. The van der Waals surface area contributed by atoms with Crippen LogP contribution in [0.5, 0.6) is 0 Å². The molecule has 1 radical (unpaired) electrons. The molecule has 0 unspecified atom stereocenters. The van der Waals surface area contributed by atoms with Gasteiger partial charge in [0, 0.05) is 5.41 Å². The largest absolute Gasteiger partial charge is 3.00 e. The standard InChI is InChI=1S/C23H23.2HI.Zr/c1-14-15(2)22(23(4,5)16(14)3)20-12-8-11-19-18-10-7-6-9-17(18)13-21(19)20;;;/h6-13H,1-5H3;2*1H;/q-1;;;+3/p-2. The maximum atomic E-state index is 2.36. The molecule has 1 aliphatic rings. The van der Waals surface area contributed by atoms with Crippen molar-refractivity contribution >= 4 is 27.1 Å². The first-order chi connectivity index (χ1) is 10.9. The maximum absolute atomic E-state index is 2.36. The summed E-state index contributed by atoms with van der Waals surface area (Å²) in [6.45, 7) is 11.6. The van der Waals surface area contributed by atoms with E-state index < -0.39 is 0 Å². The molecule has 133 valence electrons. The Morgan fingerprint density at radius 3 is 2.00 bits per heavy atom. The Labute approximate surface area is 210 Å². The van der Waals surface area contributed by atoms with Gasteiger partial charge in [-0.2, -0.15) is 0 Å². The Kier molecular flexibility index (Phi) is 8.04. The smallest absolute Gasteiger partial charge is 1.00 e. The minimum Gasteiger partial charge on any atom is -1.00 e. The summed E-state index contributed by atoms with van der Waals surface area (Å²) in [5, 5.41) is 5.46. The zero-order valence-corrected chi connectivity index (χ0v) is 22.6. The van der Waals surface area contributed by atoms with E-state index in [-0.39, 0.29) is 79.6 Å². The van der Waals surface area contributed by atoms with Crippen LogP contribution in [0.25, 0.3) is 27.1 Å². The van der Waals surface area contributed by atoms with Crippen LogP contribution in [0.2, 0.25) is 0 Å². The number of allylic oxidation sites excluding steroid dienone is 4. The van der Waals surface area contributed by atoms with E-state index in [1.165, 1.54) is 49.4 Å². The third kappa shape index (κ3) is 3.46. The van der Waals surface area contributed by atoms with Gasteiger partial charge in [-0.3, -0.25) is 0 Å². The van der Waals surface area contributed by atoms with Crippen LogP contribution in [0.4, 0.5) is 0 Å². The van der Waals surface area contributed by atoms with Gasteiger partial charge in [0.05, 0.1) is 0 Å².